The predicted molar refractivity (Wildman–Crippen MR) is 96.0 cm³/mol. The smallest absolute Gasteiger partial charge is 0.336 e. The number of rotatable bonds is 5. The average molecular weight is 352 g/mol. The van der Waals surface area contributed by atoms with Crippen molar-refractivity contribution >= 4 is 23.0 Å². The van der Waals surface area contributed by atoms with Crippen molar-refractivity contribution in [1.29, 1.82) is 0 Å². The summed E-state index contributed by atoms with van der Waals surface area (Å²) >= 11 is 0. The van der Waals surface area contributed by atoms with E-state index in [1.807, 2.05) is 12.1 Å². The fourth-order valence-corrected chi connectivity index (χ4v) is 2.44. The average Bonchev–Trinajstić information content (AvgIpc) is 2.64. The highest BCUT2D eigenvalue weighted by molar-refractivity contribution is 5.87. The lowest BCUT2D eigenvalue weighted by molar-refractivity contribution is -0.138. The molecule has 0 radical (unpaired) electrons. The minimum atomic E-state index is -0.582. The number of phenols is 1. The van der Waals surface area contributed by atoms with Crippen LogP contribution in [0.5, 0.6) is 11.5 Å². The van der Waals surface area contributed by atoms with Crippen molar-refractivity contribution in [3.63, 3.8) is 0 Å². The van der Waals surface area contributed by atoms with Gasteiger partial charge in [0, 0.05) is 29.2 Å². The lowest BCUT2D eigenvalue weighted by Crippen LogP contribution is -2.05. The second-order valence-electron chi connectivity index (χ2n) is 5.49. The summed E-state index contributed by atoms with van der Waals surface area (Å²) in [4.78, 5) is 23.6. The molecule has 6 heteroatoms. The fourth-order valence-electron chi connectivity index (χ4n) is 2.44. The van der Waals surface area contributed by atoms with Crippen molar-refractivity contribution in [3.05, 3.63) is 76.2 Å². The molecule has 0 saturated heterocycles. The van der Waals surface area contributed by atoms with E-state index < -0.39 is 11.6 Å². The Balaban J connectivity index is 1.72. The summed E-state index contributed by atoms with van der Waals surface area (Å²) in [6.45, 7) is -0.0891. The molecule has 1 N–H and O–H groups in total. The standard InChI is InChI=1S/C20H16O6/c1-24-16-4-2-3-13(9-16)5-8-19(22)25-12-14-10-20(23)26-18-11-15(21)6-7-17(14)18/h2-11,21H,12H2,1H3. The maximum atomic E-state index is 11.9. The molecule has 0 amide bonds. The van der Waals surface area contributed by atoms with Crippen LogP contribution in [-0.2, 0) is 16.1 Å². The van der Waals surface area contributed by atoms with Crippen LogP contribution in [0.25, 0.3) is 17.0 Å². The molecular weight excluding hydrogens is 336 g/mol. The van der Waals surface area contributed by atoms with E-state index in [-0.39, 0.29) is 17.9 Å². The van der Waals surface area contributed by atoms with E-state index in [9.17, 15) is 14.7 Å². The van der Waals surface area contributed by atoms with E-state index in [1.165, 1.54) is 24.3 Å². The molecule has 26 heavy (non-hydrogen) atoms. The molecule has 0 fully saturated rings. The zero-order valence-electron chi connectivity index (χ0n) is 14.0. The number of carbonyl (C=O) groups is 1. The molecule has 3 rings (SSSR count). The molecule has 0 bridgehead atoms. The molecule has 2 aromatic carbocycles. The van der Waals surface area contributed by atoms with Gasteiger partial charge in [-0.3, -0.25) is 0 Å². The summed E-state index contributed by atoms with van der Waals surface area (Å²) in [6.07, 6.45) is 2.91. The van der Waals surface area contributed by atoms with Crippen molar-refractivity contribution in [2.75, 3.05) is 7.11 Å². The fraction of sp³-hybridized carbons (Fsp3) is 0.100. The zero-order chi connectivity index (χ0) is 18.5. The molecule has 3 aromatic rings. The quantitative estimate of drug-likeness (QED) is 0.431. The van der Waals surface area contributed by atoms with Gasteiger partial charge in [-0.05, 0) is 35.9 Å². The lowest BCUT2D eigenvalue weighted by atomic mass is 10.1. The van der Waals surface area contributed by atoms with Crippen LogP contribution >= 0.6 is 0 Å². The first-order valence-corrected chi connectivity index (χ1v) is 7.80. The van der Waals surface area contributed by atoms with E-state index in [4.69, 9.17) is 13.9 Å². The number of esters is 1. The van der Waals surface area contributed by atoms with Gasteiger partial charge in [0.2, 0.25) is 0 Å². The van der Waals surface area contributed by atoms with Gasteiger partial charge in [-0.15, -0.1) is 0 Å². The van der Waals surface area contributed by atoms with E-state index in [0.29, 0.717) is 16.7 Å². The Bertz CT molecular complexity index is 1030. The van der Waals surface area contributed by atoms with Crippen LogP contribution in [0.3, 0.4) is 0 Å². The van der Waals surface area contributed by atoms with Gasteiger partial charge in [-0.25, -0.2) is 9.59 Å². The molecule has 1 aromatic heterocycles. The summed E-state index contributed by atoms with van der Waals surface area (Å²) in [5.41, 5.74) is 0.943. The second kappa shape index (κ2) is 7.57. The summed E-state index contributed by atoms with van der Waals surface area (Å²) in [5, 5.41) is 10.1. The molecule has 0 unspecified atom stereocenters. The number of benzene rings is 2. The second-order valence-corrected chi connectivity index (χ2v) is 5.49. The van der Waals surface area contributed by atoms with Crippen molar-refractivity contribution in [3.8, 4) is 11.5 Å². The Hall–Kier alpha value is -3.54. The first-order chi connectivity index (χ1) is 12.5. The van der Waals surface area contributed by atoms with Crippen LogP contribution in [0.4, 0.5) is 0 Å². The van der Waals surface area contributed by atoms with Crippen molar-refractivity contribution < 1.29 is 23.8 Å². The predicted octanol–water partition coefficient (Wildman–Crippen LogP) is 3.26. The number of aromatic hydroxyl groups is 1. The Morgan fingerprint density at radius 3 is 2.85 bits per heavy atom. The van der Waals surface area contributed by atoms with Crippen LogP contribution < -0.4 is 10.4 Å². The van der Waals surface area contributed by atoms with Crippen LogP contribution in [0.1, 0.15) is 11.1 Å². The maximum absolute atomic E-state index is 11.9. The van der Waals surface area contributed by atoms with Crippen LogP contribution in [-0.4, -0.2) is 18.2 Å². The zero-order valence-corrected chi connectivity index (χ0v) is 14.0. The van der Waals surface area contributed by atoms with E-state index in [1.54, 1.807) is 31.4 Å². The SMILES string of the molecule is COc1cccc(C=CC(=O)OCc2cc(=O)oc3cc(O)ccc23)c1. The maximum Gasteiger partial charge on any atom is 0.336 e. The largest absolute Gasteiger partial charge is 0.508 e. The highest BCUT2D eigenvalue weighted by atomic mass is 16.5. The molecular formula is C20H16O6. The number of methoxy groups -OCH3 is 1. The molecule has 6 nitrogen and oxygen atoms in total. The molecule has 0 aliphatic heterocycles. The summed E-state index contributed by atoms with van der Waals surface area (Å²) in [5.74, 6) is 0.121. The molecule has 0 saturated carbocycles. The van der Waals surface area contributed by atoms with Gasteiger partial charge in [0.05, 0.1) is 7.11 Å². The highest BCUT2D eigenvalue weighted by Gasteiger charge is 2.08. The monoisotopic (exact) mass is 352 g/mol. The minimum Gasteiger partial charge on any atom is -0.508 e. The Morgan fingerprint density at radius 2 is 2.04 bits per heavy atom. The summed E-state index contributed by atoms with van der Waals surface area (Å²) in [6, 6.07) is 12.9. The number of carbonyl (C=O) groups excluding carboxylic acids is 1. The molecule has 0 aliphatic rings. The van der Waals surface area contributed by atoms with Gasteiger partial charge < -0.3 is 19.0 Å². The molecule has 0 aliphatic carbocycles. The van der Waals surface area contributed by atoms with Gasteiger partial charge >= 0.3 is 11.6 Å². The molecule has 0 atom stereocenters. The first kappa shape index (κ1) is 17.3. The van der Waals surface area contributed by atoms with E-state index in [2.05, 4.69) is 0 Å². The van der Waals surface area contributed by atoms with Gasteiger partial charge in [0.1, 0.15) is 23.7 Å². The number of hydrogen-bond donors (Lipinski definition) is 1. The number of fused-ring (bicyclic) bond motifs is 1. The third-order valence-corrected chi connectivity index (χ3v) is 3.69. The van der Waals surface area contributed by atoms with Gasteiger partial charge in [0.25, 0.3) is 0 Å². The number of phenolic OH excluding ortho intramolecular Hbond substituents is 1. The van der Waals surface area contributed by atoms with Gasteiger partial charge in [0.15, 0.2) is 0 Å². The Kier molecular flexibility index (Phi) is 5.03. The number of hydrogen-bond acceptors (Lipinski definition) is 6. The van der Waals surface area contributed by atoms with Gasteiger partial charge in [-0.1, -0.05) is 12.1 Å². The van der Waals surface area contributed by atoms with E-state index >= 15 is 0 Å². The van der Waals surface area contributed by atoms with Crippen molar-refractivity contribution in [2.24, 2.45) is 0 Å². The van der Waals surface area contributed by atoms with Crippen molar-refractivity contribution in [1.82, 2.24) is 0 Å². The third-order valence-electron chi connectivity index (χ3n) is 3.69. The topological polar surface area (TPSA) is 86.0 Å². The lowest BCUT2D eigenvalue weighted by Gasteiger charge is -2.06. The van der Waals surface area contributed by atoms with Crippen LogP contribution in [0, 0.1) is 0 Å². The normalized spacial score (nSPS) is 11.0. The minimum absolute atomic E-state index is 0.0176. The van der Waals surface area contributed by atoms with Gasteiger partial charge in [-0.2, -0.15) is 0 Å². The van der Waals surface area contributed by atoms with Crippen molar-refractivity contribution in [2.45, 2.75) is 6.61 Å². The van der Waals surface area contributed by atoms with Crippen LogP contribution in [0.2, 0.25) is 0 Å². The summed E-state index contributed by atoms with van der Waals surface area (Å²) in [7, 11) is 1.57. The van der Waals surface area contributed by atoms with E-state index in [0.717, 1.165) is 5.56 Å². The third kappa shape index (κ3) is 4.10. The Morgan fingerprint density at radius 1 is 1.19 bits per heavy atom. The first-order valence-electron chi connectivity index (χ1n) is 7.80. The molecule has 1 heterocycles. The van der Waals surface area contributed by atoms with Crippen LogP contribution in [0.15, 0.2) is 63.8 Å². The summed E-state index contributed by atoms with van der Waals surface area (Å²) < 4.78 is 15.4. The number of ether oxygens (including phenoxy) is 2. The molecule has 0 spiro atoms. The molecule has 132 valence electrons. The highest BCUT2D eigenvalue weighted by Crippen LogP contribution is 2.22. The Labute approximate surface area is 148 Å².